The molecule has 3 aromatic rings. The Balaban J connectivity index is 1.71. The number of hydrogen-bond acceptors (Lipinski definition) is 4. The van der Waals surface area contributed by atoms with Gasteiger partial charge in [0.05, 0.1) is 19.5 Å². The van der Waals surface area contributed by atoms with E-state index >= 15 is 0 Å². The maximum Gasteiger partial charge on any atom is 0.322 e. The highest BCUT2D eigenvalue weighted by atomic mass is 32.2. The number of carbonyl (C=O) groups is 1. The summed E-state index contributed by atoms with van der Waals surface area (Å²) in [7, 11) is 0. The number of rotatable bonds is 10. The summed E-state index contributed by atoms with van der Waals surface area (Å²) in [5, 5.41) is 3.03. The lowest BCUT2D eigenvalue weighted by Crippen LogP contribution is -2.35. The molecular formula is C23H28N4O2S. The first-order chi connectivity index (χ1) is 14.7. The Morgan fingerprint density at radius 2 is 2.00 bits per heavy atom. The molecule has 0 saturated carbocycles. The molecule has 1 aromatic heterocycles. The summed E-state index contributed by atoms with van der Waals surface area (Å²) in [6.07, 6.45) is 8.35. The summed E-state index contributed by atoms with van der Waals surface area (Å²) in [6.45, 7) is 4.46. The Hall–Kier alpha value is -2.93. The van der Waals surface area contributed by atoms with Crippen molar-refractivity contribution in [3.63, 3.8) is 0 Å². The molecule has 0 saturated heterocycles. The van der Waals surface area contributed by atoms with E-state index in [1.54, 1.807) is 24.3 Å². The third-order valence-corrected chi connectivity index (χ3v) is 5.41. The number of thioether (sulfide) groups is 1. The van der Waals surface area contributed by atoms with Crippen LogP contribution in [-0.2, 0) is 13.1 Å². The number of aryl methyl sites for hydroxylation is 1. The van der Waals surface area contributed by atoms with E-state index in [2.05, 4.69) is 10.3 Å². The van der Waals surface area contributed by atoms with E-state index in [0.29, 0.717) is 19.7 Å². The zero-order chi connectivity index (χ0) is 21.2. The Kier molecular flexibility index (Phi) is 8.20. The second kappa shape index (κ2) is 11.3. The molecule has 0 aliphatic rings. The summed E-state index contributed by atoms with van der Waals surface area (Å²) in [5.74, 6) is 0.816. The highest BCUT2D eigenvalue weighted by Gasteiger charge is 2.16. The average Bonchev–Trinajstić information content (AvgIpc) is 3.28. The molecule has 6 nitrogen and oxygen atoms in total. The van der Waals surface area contributed by atoms with E-state index in [4.69, 9.17) is 4.74 Å². The van der Waals surface area contributed by atoms with Crippen molar-refractivity contribution >= 4 is 23.5 Å². The smallest absolute Gasteiger partial charge is 0.322 e. The van der Waals surface area contributed by atoms with Gasteiger partial charge in [-0.05, 0) is 49.9 Å². The van der Waals surface area contributed by atoms with Gasteiger partial charge >= 0.3 is 6.03 Å². The average molecular weight is 425 g/mol. The third kappa shape index (κ3) is 6.29. The number of ether oxygens (including phenoxy) is 1. The summed E-state index contributed by atoms with van der Waals surface area (Å²) in [5.41, 5.74) is 1.78. The molecule has 7 heteroatoms. The molecule has 0 bridgehead atoms. The van der Waals surface area contributed by atoms with Gasteiger partial charge in [-0.15, -0.1) is 11.8 Å². The molecule has 0 radical (unpaired) electrons. The van der Waals surface area contributed by atoms with Crippen LogP contribution in [0.5, 0.6) is 5.75 Å². The molecule has 0 atom stereocenters. The van der Waals surface area contributed by atoms with Gasteiger partial charge in [-0.3, -0.25) is 0 Å². The summed E-state index contributed by atoms with van der Waals surface area (Å²) >= 11 is 1.68. The summed E-state index contributed by atoms with van der Waals surface area (Å²) < 4.78 is 7.77. The van der Waals surface area contributed by atoms with E-state index in [9.17, 15) is 4.79 Å². The van der Waals surface area contributed by atoms with Gasteiger partial charge in [-0.2, -0.15) is 0 Å². The fourth-order valence-electron chi connectivity index (χ4n) is 3.13. The van der Waals surface area contributed by atoms with Gasteiger partial charge in [-0.25, -0.2) is 9.78 Å². The zero-order valence-corrected chi connectivity index (χ0v) is 18.3. The molecule has 0 aliphatic heterocycles. The Morgan fingerprint density at radius 1 is 1.20 bits per heavy atom. The van der Waals surface area contributed by atoms with Gasteiger partial charge in [0, 0.05) is 41.6 Å². The highest BCUT2D eigenvalue weighted by Crippen LogP contribution is 2.22. The number of nitrogens with zero attached hydrogens (tertiary/aromatic N) is 3. The van der Waals surface area contributed by atoms with Crippen LogP contribution >= 0.6 is 11.8 Å². The van der Waals surface area contributed by atoms with Crippen LogP contribution in [0.3, 0.4) is 0 Å². The molecule has 0 fully saturated rings. The van der Waals surface area contributed by atoms with E-state index in [1.807, 2.05) is 77.4 Å². The molecule has 0 spiro atoms. The number of benzene rings is 2. The minimum absolute atomic E-state index is 0.121. The minimum Gasteiger partial charge on any atom is -0.494 e. The first-order valence-electron chi connectivity index (χ1n) is 10.1. The van der Waals surface area contributed by atoms with Crippen LogP contribution in [0, 0.1) is 0 Å². The normalized spacial score (nSPS) is 10.6. The predicted molar refractivity (Wildman–Crippen MR) is 122 cm³/mol. The van der Waals surface area contributed by atoms with Crippen LogP contribution in [0.15, 0.2) is 72.1 Å². The molecule has 3 rings (SSSR count). The summed E-state index contributed by atoms with van der Waals surface area (Å²) in [4.78, 5) is 20.2. The Morgan fingerprint density at radius 3 is 2.70 bits per heavy atom. The number of para-hydroxylation sites is 1. The van der Waals surface area contributed by atoms with Gasteiger partial charge in [-0.1, -0.05) is 18.2 Å². The lowest BCUT2D eigenvalue weighted by atomic mass is 10.2. The number of imidazole rings is 1. The topological polar surface area (TPSA) is 59.4 Å². The first kappa shape index (κ1) is 21.8. The number of amides is 2. The SMILES string of the molecule is CCOc1ccccc1CN(CCCn1ccnc1)C(=O)Nc1ccc(SC)cc1. The number of carbonyl (C=O) groups excluding carboxylic acids is 1. The quantitative estimate of drug-likeness (QED) is 0.459. The van der Waals surface area contributed by atoms with Gasteiger partial charge < -0.3 is 19.5 Å². The third-order valence-electron chi connectivity index (χ3n) is 4.67. The van der Waals surface area contributed by atoms with Gasteiger partial charge in [0.2, 0.25) is 0 Å². The lowest BCUT2D eigenvalue weighted by Gasteiger charge is -2.24. The Bertz CT molecular complexity index is 913. The Labute approximate surface area is 182 Å². The van der Waals surface area contributed by atoms with Crippen molar-refractivity contribution in [1.29, 1.82) is 0 Å². The van der Waals surface area contributed by atoms with Crippen LogP contribution in [0.25, 0.3) is 0 Å². The van der Waals surface area contributed by atoms with E-state index in [1.165, 1.54) is 0 Å². The molecular weight excluding hydrogens is 396 g/mol. The largest absolute Gasteiger partial charge is 0.494 e. The first-order valence-corrected chi connectivity index (χ1v) is 11.3. The van der Waals surface area contributed by atoms with Gasteiger partial charge in [0.1, 0.15) is 5.75 Å². The molecule has 2 amide bonds. The highest BCUT2D eigenvalue weighted by molar-refractivity contribution is 7.98. The molecule has 0 unspecified atom stereocenters. The van der Waals surface area contributed by atoms with Crippen molar-refractivity contribution in [2.24, 2.45) is 0 Å². The minimum atomic E-state index is -0.121. The fraction of sp³-hybridized carbons (Fsp3) is 0.304. The van der Waals surface area contributed by atoms with E-state index in [-0.39, 0.29) is 6.03 Å². The van der Waals surface area contributed by atoms with Crippen LogP contribution in [-0.4, -0.2) is 39.9 Å². The molecule has 2 aromatic carbocycles. The number of urea groups is 1. The summed E-state index contributed by atoms with van der Waals surface area (Å²) in [6, 6.07) is 15.6. The van der Waals surface area contributed by atoms with Crippen molar-refractivity contribution in [3.05, 3.63) is 72.8 Å². The predicted octanol–water partition coefficient (Wildman–Crippen LogP) is 5.13. The van der Waals surface area contributed by atoms with Crippen LogP contribution in [0.2, 0.25) is 0 Å². The van der Waals surface area contributed by atoms with Crippen molar-refractivity contribution < 1.29 is 9.53 Å². The van der Waals surface area contributed by atoms with Gasteiger partial charge in [0.15, 0.2) is 0 Å². The van der Waals surface area contributed by atoms with Crippen LogP contribution < -0.4 is 10.1 Å². The lowest BCUT2D eigenvalue weighted by molar-refractivity contribution is 0.206. The number of aromatic nitrogens is 2. The van der Waals surface area contributed by atoms with Crippen molar-refractivity contribution in [2.75, 3.05) is 24.7 Å². The van der Waals surface area contributed by atoms with Crippen LogP contribution in [0.1, 0.15) is 18.9 Å². The van der Waals surface area contributed by atoms with Crippen molar-refractivity contribution in [2.45, 2.75) is 31.3 Å². The number of anilines is 1. The molecule has 1 heterocycles. The van der Waals surface area contributed by atoms with E-state index < -0.39 is 0 Å². The van der Waals surface area contributed by atoms with Gasteiger partial charge in [0.25, 0.3) is 0 Å². The van der Waals surface area contributed by atoms with Crippen molar-refractivity contribution in [3.8, 4) is 5.75 Å². The van der Waals surface area contributed by atoms with E-state index in [0.717, 1.165) is 34.9 Å². The standard InChI is InChI=1S/C23H28N4O2S/c1-3-29-22-8-5-4-7-19(22)17-27(15-6-14-26-16-13-24-18-26)23(28)25-20-9-11-21(30-2)12-10-20/h4-5,7-13,16,18H,3,6,14-15,17H2,1-2H3,(H,25,28). The maximum absolute atomic E-state index is 13.1. The monoisotopic (exact) mass is 424 g/mol. The maximum atomic E-state index is 13.1. The molecule has 0 aliphatic carbocycles. The van der Waals surface area contributed by atoms with Crippen molar-refractivity contribution in [1.82, 2.24) is 14.5 Å². The van der Waals surface area contributed by atoms with Crippen LogP contribution in [0.4, 0.5) is 10.5 Å². The second-order valence-corrected chi connectivity index (χ2v) is 7.65. The molecule has 1 N–H and O–H groups in total. The molecule has 30 heavy (non-hydrogen) atoms. The number of nitrogens with one attached hydrogen (secondary N) is 1. The number of hydrogen-bond donors (Lipinski definition) is 1. The molecule has 158 valence electrons. The zero-order valence-electron chi connectivity index (χ0n) is 17.5. The second-order valence-electron chi connectivity index (χ2n) is 6.78. The fourth-order valence-corrected chi connectivity index (χ4v) is 3.54.